The molecule has 0 aliphatic heterocycles. The van der Waals surface area contributed by atoms with E-state index in [1.807, 2.05) is 0 Å². The van der Waals surface area contributed by atoms with E-state index in [4.69, 9.17) is 0 Å². The number of nitrogens with zero attached hydrogens (tertiary/aromatic N) is 2. The molecule has 0 saturated heterocycles. The van der Waals surface area contributed by atoms with Gasteiger partial charge in [0, 0.05) is 45.0 Å². The van der Waals surface area contributed by atoms with Crippen molar-refractivity contribution in [2.75, 3.05) is 9.80 Å². The lowest BCUT2D eigenvalue weighted by molar-refractivity contribution is 0.593. The molecule has 2 aliphatic carbocycles. The molecular formula is C70H64N2. The SMILES string of the molecule is CC(C)(C)c1c2ccc(N(c3ccc(-c4ccccc4)cc3)c3ccc4c(c3)C(C)(C)c3ccccc3-4)cc2c(C(C)(C)C)c2ccc(N(c3ccccc3)c3ccc4c(c3)C(C)(C)c3ccccc3-4)cc12. The molecule has 0 atom stereocenters. The molecule has 0 heterocycles. The van der Waals surface area contributed by atoms with E-state index in [2.05, 4.69) is 285 Å². The zero-order valence-corrected chi connectivity index (χ0v) is 43.5. The van der Waals surface area contributed by atoms with Crippen LogP contribution >= 0.6 is 0 Å². The predicted octanol–water partition coefficient (Wildman–Crippen LogP) is 19.8. The van der Waals surface area contributed by atoms with Gasteiger partial charge in [-0.15, -0.1) is 0 Å². The summed E-state index contributed by atoms with van der Waals surface area (Å²) in [6, 6.07) is 77.5. The highest BCUT2D eigenvalue weighted by molar-refractivity contribution is 6.10. The van der Waals surface area contributed by atoms with Crippen molar-refractivity contribution >= 4 is 55.7 Å². The quantitative estimate of drug-likeness (QED) is 0.147. The molecular weight excluding hydrogens is 869 g/mol. The van der Waals surface area contributed by atoms with Gasteiger partial charge in [0.25, 0.3) is 0 Å². The molecule has 0 spiro atoms. The highest BCUT2D eigenvalue weighted by Crippen LogP contribution is 2.54. The average Bonchev–Trinajstić information content (AvgIpc) is 3.74. The van der Waals surface area contributed by atoms with Crippen molar-refractivity contribution in [2.45, 2.75) is 90.9 Å². The third-order valence-electron chi connectivity index (χ3n) is 16.0. The first kappa shape index (κ1) is 45.5. The number of rotatable bonds is 7. The highest BCUT2D eigenvalue weighted by Gasteiger charge is 2.38. The Hall–Kier alpha value is -7.68. The molecule has 0 amide bonds. The lowest BCUT2D eigenvalue weighted by Crippen LogP contribution is -2.19. The minimum absolute atomic E-state index is 0.114. The number of benzene rings is 10. The first-order valence-electron chi connectivity index (χ1n) is 25.8. The third kappa shape index (κ3) is 7.21. The Labute approximate surface area is 427 Å². The molecule has 0 bridgehead atoms. The minimum atomic E-state index is -0.182. The number of hydrogen-bond acceptors (Lipinski definition) is 2. The molecule has 2 nitrogen and oxygen atoms in total. The van der Waals surface area contributed by atoms with Crippen molar-refractivity contribution in [3.8, 4) is 33.4 Å². The molecule has 12 rings (SSSR count). The summed E-state index contributed by atoms with van der Waals surface area (Å²) in [5, 5.41) is 5.20. The number of fused-ring (bicyclic) bond motifs is 8. The van der Waals surface area contributed by atoms with E-state index >= 15 is 0 Å². The van der Waals surface area contributed by atoms with Crippen molar-refractivity contribution < 1.29 is 0 Å². The summed E-state index contributed by atoms with van der Waals surface area (Å²) in [5.74, 6) is 0. The van der Waals surface area contributed by atoms with Gasteiger partial charge in [-0.05, 0) is 172 Å². The Morgan fingerprint density at radius 2 is 0.611 bits per heavy atom. The summed E-state index contributed by atoms with van der Waals surface area (Å²) in [7, 11) is 0. The van der Waals surface area contributed by atoms with Crippen LogP contribution in [0.2, 0.25) is 0 Å². The van der Waals surface area contributed by atoms with Crippen LogP contribution in [0, 0.1) is 0 Å². The van der Waals surface area contributed by atoms with E-state index in [0.29, 0.717) is 0 Å². The van der Waals surface area contributed by atoms with Gasteiger partial charge >= 0.3 is 0 Å². The van der Waals surface area contributed by atoms with Crippen LogP contribution in [-0.4, -0.2) is 0 Å². The lowest BCUT2D eigenvalue weighted by atomic mass is 9.74. The second kappa shape index (κ2) is 16.4. The van der Waals surface area contributed by atoms with Crippen LogP contribution in [0.15, 0.2) is 206 Å². The van der Waals surface area contributed by atoms with Gasteiger partial charge in [0.05, 0.1) is 0 Å². The fourth-order valence-corrected chi connectivity index (χ4v) is 12.7. The zero-order valence-electron chi connectivity index (χ0n) is 43.5. The van der Waals surface area contributed by atoms with E-state index in [-0.39, 0.29) is 21.7 Å². The molecule has 0 saturated carbocycles. The molecule has 2 heteroatoms. The van der Waals surface area contributed by atoms with Gasteiger partial charge in [0.1, 0.15) is 0 Å². The Bertz CT molecular complexity index is 3750. The fourth-order valence-electron chi connectivity index (χ4n) is 12.7. The predicted molar refractivity (Wildman–Crippen MR) is 309 cm³/mol. The van der Waals surface area contributed by atoms with E-state index in [9.17, 15) is 0 Å². The van der Waals surface area contributed by atoms with Crippen LogP contribution in [0.25, 0.3) is 54.9 Å². The lowest BCUT2D eigenvalue weighted by Gasteiger charge is -2.33. The maximum absolute atomic E-state index is 2.50. The van der Waals surface area contributed by atoms with Crippen LogP contribution in [0.3, 0.4) is 0 Å². The second-order valence-corrected chi connectivity index (χ2v) is 23.4. The Morgan fingerprint density at radius 3 is 1.06 bits per heavy atom. The molecule has 0 N–H and O–H groups in total. The highest BCUT2D eigenvalue weighted by atomic mass is 15.1. The van der Waals surface area contributed by atoms with Crippen LogP contribution < -0.4 is 9.80 Å². The van der Waals surface area contributed by atoms with Crippen molar-refractivity contribution in [3.05, 3.63) is 240 Å². The van der Waals surface area contributed by atoms with Crippen LogP contribution in [0.5, 0.6) is 0 Å². The molecule has 0 radical (unpaired) electrons. The maximum Gasteiger partial charge on any atom is 0.0468 e. The monoisotopic (exact) mass is 933 g/mol. The number of anilines is 6. The Balaban J connectivity index is 1.06. The van der Waals surface area contributed by atoms with E-state index in [1.54, 1.807) is 0 Å². The van der Waals surface area contributed by atoms with Crippen LogP contribution in [0.1, 0.15) is 103 Å². The summed E-state index contributed by atoms with van der Waals surface area (Å²) in [6.45, 7) is 23.8. The smallest absolute Gasteiger partial charge is 0.0468 e. The summed E-state index contributed by atoms with van der Waals surface area (Å²) >= 11 is 0. The molecule has 0 aromatic heterocycles. The summed E-state index contributed by atoms with van der Waals surface area (Å²) in [6.07, 6.45) is 0. The van der Waals surface area contributed by atoms with Crippen LogP contribution in [0.4, 0.5) is 34.1 Å². The topological polar surface area (TPSA) is 6.48 Å². The van der Waals surface area contributed by atoms with Crippen molar-refractivity contribution in [3.63, 3.8) is 0 Å². The molecule has 10 aromatic carbocycles. The zero-order chi connectivity index (χ0) is 49.9. The first-order chi connectivity index (χ1) is 34.5. The molecule has 0 unspecified atom stereocenters. The molecule has 2 aliphatic rings. The van der Waals surface area contributed by atoms with Gasteiger partial charge in [-0.1, -0.05) is 203 Å². The molecule has 10 aromatic rings. The summed E-state index contributed by atoms with van der Waals surface area (Å²) in [4.78, 5) is 4.95. The summed E-state index contributed by atoms with van der Waals surface area (Å²) in [5.41, 5.74) is 22.2. The normalized spacial score (nSPS) is 14.2. The van der Waals surface area contributed by atoms with E-state index in [0.717, 1.165) is 34.1 Å². The molecule has 0 fully saturated rings. The van der Waals surface area contributed by atoms with Crippen molar-refractivity contribution in [2.24, 2.45) is 0 Å². The van der Waals surface area contributed by atoms with Gasteiger partial charge in [-0.2, -0.15) is 0 Å². The van der Waals surface area contributed by atoms with E-state index < -0.39 is 0 Å². The number of hydrogen-bond donors (Lipinski definition) is 0. The van der Waals surface area contributed by atoms with Gasteiger partial charge in [-0.25, -0.2) is 0 Å². The van der Waals surface area contributed by atoms with Crippen molar-refractivity contribution in [1.82, 2.24) is 0 Å². The van der Waals surface area contributed by atoms with E-state index in [1.165, 1.54) is 88.3 Å². The van der Waals surface area contributed by atoms with Gasteiger partial charge < -0.3 is 9.80 Å². The Morgan fingerprint density at radius 1 is 0.278 bits per heavy atom. The molecule has 72 heavy (non-hydrogen) atoms. The van der Waals surface area contributed by atoms with Crippen molar-refractivity contribution in [1.29, 1.82) is 0 Å². The largest absolute Gasteiger partial charge is 0.310 e. The summed E-state index contributed by atoms with van der Waals surface area (Å²) < 4.78 is 0. The standard InChI is InChI=1S/C70H64N2/c1-67(2,3)65-58-40-36-50(72(48-31-29-46(30-32-48)45-21-13-11-14-22-45)52-34-38-56-54-26-18-20-28-62(54)70(9,10)64(56)44-52)42-60(58)66(68(4,5)6)57-39-35-49(41-59(57)65)71(47-23-15-12-16-24-47)51-33-37-55-53-25-17-19-27-61(53)69(7,8)63(55)43-51/h11-44H,1-10H3. The van der Waals surface area contributed by atoms with Crippen LogP contribution in [-0.2, 0) is 21.7 Å². The van der Waals surface area contributed by atoms with Gasteiger partial charge in [-0.3, -0.25) is 0 Å². The van der Waals surface area contributed by atoms with Gasteiger partial charge in [0.2, 0.25) is 0 Å². The average molecular weight is 933 g/mol. The second-order valence-electron chi connectivity index (χ2n) is 23.4. The fraction of sp³-hybridized carbons (Fsp3) is 0.200. The number of para-hydroxylation sites is 1. The first-order valence-corrected chi connectivity index (χ1v) is 25.8. The van der Waals surface area contributed by atoms with Gasteiger partial charge in [0.15, 0.2) is 0 Å². The third-order valence-corrected chi connectivity index (χ3v) is 16.0. The maximum atomic E-state index is 2.50. The minimum Gasteiger partial charge on any atom is -0.310 e. The molecule has 354 valence electrons. The Kier molecular flexibility index (Phi) is 10.4.